The number of nitrogens with zero attached hydrogens (tertiary/aromatic N) is 5. The van der Waals surface area contributed by atoms with Gasteiger partial charge in [-0.15, -0.1) is 0 Å². The largest absolute Gasteiger partial charge is 0.338 e. The molecule has 1 aromatic heterocycles. The van der Waals surface area contributed by atoms with Crippen LogP contribution in [0.1, 0.15) is 69.4 Å². The Morgan fingerprint density at radius 1 is 0.375 bits per heavy atom. The van der Waals surface area contributed by atoms with Gasteiger partial charge in [-0.2, -0.15) is 5.26 Å². The monoisotopic (exact) mass is 1230 g/mol. The summed E-state index contributed by atoms with van der Waals surface area (Å²) in [5.41, 5.74) is 30.7. The maximum absolute atomic E-state index is 10.4. The molecule has 0 aliphatic carbocycles. The van der Waals surface area contributed by atoms with Crippen LogP contribution in [0, 0.1) is 17.9 Å². The highest BCUT2D eigenvalue weighted by Crippen LogP contribution is 2.48. The van der Waals surface area contributed by atoms with Gasteiger partial charge in [-0.3, -0.25) is 0 Å². The SMILES string of the molecule is [C-]#[N+]c1cccc(-c2ccc3c(c2)N(Cc2c(-c4ccccc4)cccc2-c2ccccc2)c2cc(-n4c5ccc(C(C)(C)C)cc5c5cc(C(C)(C)C)ccc54)cc4c2B3c2ccc(-c3cccc(C#N)c3)cc2N4Cc2c(-c3ccccc3)cccc2-c2ccccc2)c1. The van der Waals surface area contributed by atoms with Gasteiger partial charge in [0.2, 0.25) is 0 Å². The standard InChI is InChI=1S/C90H70BN5/c1-89(2,3)68-42-46-82-76(52-68)77-53-69(90(4,5)6)43-47-83(77)96(82)71-54-86-88-87(55-71)95(58-79-74(62-29-16-10-17-30-62)38-23-39-75(79)63-31-18-11-19-32-63)85-51-67(65-34-21-35-70(49-65)93-7)41-45-81(85)91(88)80-44-40-66(64-33-20-24-59(48-64)56-92)50-84(80)94(86)57-78-72(60-25-12-8-13-26-60)36-22-37-73(78)61-27-14-9-15-28-61/h8-55H,57-58H2,1-6H3. The van der Waals surface area contributed by atoms with E-state index in [0.29, 0.717) is 24.3 Å². The lowest BCUT2D eigenvalue weighted by Crippen LogP contribution is -2.62. The minimum Gasteiger partial charge on any atom is -0.338 e. The first-order chi connectivity index (χ1) is 46.8. The fourth-order valence-corrected chi connectivity index (χ4v) is 15.1. The number of hydrogen-bond donors (Lipinski definition) is 0. The van der Waals surface area contributed by atoms with Gasteiger partial charge in [-0.25, -0.2) is 4.85 Å². The summed E-state index contributed by atoms with van der Waals surface area (Å²) in [5.74, 6) is 0. The van der Waals surface area contributed by atoms with E-state index >= 15 is 0 Å². The van der Waals surface area contributed by atoms with Gasteiger partial charge < -0.3 is 14.4 Å². The van der Waals surface area contributed by atoms with Crippen LogP contribution >= 0.6 is 0 Å². The smallest absolute Gasteiger partial charge is 0.252 e. The Bertz CT molecular complexity index is 5020. The number of fused-ring (bicyclic) bond motifs is 7. The van der Waals surface area contributed by atoms with Crippen LogP contribution in [0.15, 0.2) is 291 Å². The topological polar surface area (TPSA) is 39.6 Å². The quantitative estimate of drug-likeness (QED) is 0.0957. The molecule has 0 saturated carbocycles. The first kappa shape index (κ1) is 59.3. The molecule has 458 valence electrons. The maximum atomic E-state index is 10.4. The van der Waals surface area contributed by atoms with Gasteiger partial charge in [0.05, 0.1) is 34.9 Å². The Labute approximate surface area is 564 Å². The number of aromatic nitrogens is 1. The molecule has 3 heterocycles. The van der Waals surface area contributed by atoms with Crippen LogP contribution in [-0.4, -0.2) is 11.3 Å². The molecule has 0 N–H and O–H groups in total. The summed E-state index contributed by atoms with van der Waals surface area (Å²) in [6, 6.07) is 109. The molecule has 14 aromatic rings. The van der Waals surface area contributed by atoms with Crippen molar-refractivity contribution in [2.24, 2.45) is 0 Å². The number of nitriles is 1. The first-order valence-electron chi connectivity index (χ1n) is 33.3. The summed E-state index contributed by atoms with van der Waals surface area (Å²) in [5, 5.41) is 12.8. The van der Waals surface area contributed by atoms with Crippen molar-refractivity contribution in [2.45, 2.75) is 65.5 Å². The van der Waals surface area contributed by atoms with Gasteiger partial charge in [-0.1, -0.05) is 266 Å². The van der Waals surface area contributed by atoms with Crippen molar-refractivity contribution in [1.29, 1.82) is 5.26 Å². The minimum atomic E-state index is -0.234. The van der Waals surface area contributed by atoms with Crippen LogP contribution in [0.5, 0.6) is 0 Å². The number of hydrogen-bond acceptors (Lipinski definition) is 3. The predicted octanol–water partition coefficient (Wildman–Crippen LogP) is 21.6. The Morgan fingerprint density at radius 3 is 1.17 bits per heavy atom. The molecule has 6 heteroatoms. The Kier molecular flexibility index (Phi) is 14.6. The lowest BCUT2D eigenvalue weighted by molar-refractivity contribution is 0.590. The van der Waals surface area contributed by atoms with E-state index in [0.717, 1.165) is 84.0 Å². The van der Waals surface area contributed by atoms with Crippen LogP contribution in [-0.2, 0) is 23.9 Å². The van der Waals surface area contributed by atoms with Gasteiger partial charge in [0.1, 0.15) is 0 Å². The molecule has 0 atom stereocenters. The Balaban J connectivity index is 1.06. The third-order valence-corrected chi connectivity index (χ3v) is 20.0. The van der Waals surface area contributed by atoms with Crippen molar-refractivity contribution in [1.82, 2.24) is 4.57 Å². The highest BCUT2D eigenvalue weighted by molar-refractivity contribution is 7.00. The lowest BCUT2D eigenvalue weighted by atomic mass is 9.33. The Morgan fingerprint density at radius 2 is 0.760 bits per heavy atom. The molecule has 0 spiro atoms. The fourth-order valence-electron chi connectivity index (χ4n) is 15.1. The summed E-state index contributed by atoms with van der Waals surface area (Å²) >= 11 is 0. The zero-order valence-electron chi connectivity index (χ0n) is 54.9. The zero-order valence-corrected chi connectivity index (χ0v) is 54.9. The average Bonchev–Trinajstić information content (AvgIpc) is 0.986. The van der Waals surface area contributed by atoms with E-state index in [4.69, 9.17) is 6.57 Å². The summed E-state index contributed by atoms with van der Waals surface area (Å²) < 4.78 is 2.55. The third-order valence-electron chi connectivity index (χ3n) is 20.0. The van der Waals surface area contributed by atoms with E-state index in [-0.39, 0.29) is 17.5 Å². The van der Waals surface area contributed by atoms with Gasteiger partial charge >= 0.3 is 0 Å². The lowest BCUT2D eigenvalue weighted by Gasteiger charge is -2.45. The van der Waals surface area contributed by atoms with Gasteiger partial charge in [0.25, 0.3) is 6.71 Å². The molecule has 0 bridgehead atoms. The highest BCUT2D eigenvalue weighted by atomic mass is 15.2. The molecule has 96 heavy (non-hydrogen) atoms. The van der Waals surface area contributed by atoms with E-state index in [1.807, 2.05) is 36.4 Å². The van der Waals surface area contributed by atoms with Crippen molar-refractivity contribution < 1.29 is 0 Å². The molecule has 0 fully saturated rings. The summed E-state index contributed by atoms with van der Waals surface area (Å²) in [4.78, 5) is 9.23. The molecule has 2 aliphatic rings. The molecule has 0 saturated heterocycles. The second kappa shape index (κ2) is 23.7. The molecule has 2 aliphatic heterocycles. The molecule has 5 nitrogen and oxygen atoms in total. The van der Waals surface area contributed by atoms with Crippen molar-refractivity contribution in [3.05, 3.63) is 330 Å². The molecule has 13 aromatic carbocycles. The second-order valence-corrected chi connectivity index (χ2v) is 27.8. The number of benzene rings is 13. The van der Waals surface area contributed by atoms with E-state index < -0.39 is 0 Å². The van der Waals surface area contributed by atoms with E-state index in [1.165, 1.54) is 71.7 Å². The average molecular weight is 1230 g/mol. The summed E-state index contributed by atoms with van der Waals surface area (Å²) in [7, 11) is 0. The van der Waals surface area contributed by atoms with Gasteiger partial charge in [0.15, 0.2) is 5.69 Å². The summed E-state index contributed by atoms with van der Waals surface area (Å²) in [6.45, 7) is 22.8. The van der Waals surface area contributed by atoms with Crippen LogP contribution in [0.4, 0.5) is 28.4 Å². The number of rotatable bonds is 11. The van der Waals surface area contributed by atoms with Gasteiger partial charge in [0, 0.05) is 46.6 Å². The minimum absolute atomic E-state index is 0.0920. The van der Waals surface area contributed by atoms with Crippen LogP contribution < -0.4 is 26.2 Å². The highest BCUT2D eigenvalue weighted by Gasteiger charge is 2.44. The molecule has 0 amide bonds. The second-order valence-electron chi connectivity index (χ2n) is 27.8. The normalized spacial score (nSPS) is 12.5. The van der Waals surface area contributed by atoms with Crippen LogP contribution in [0.3, 0.4) is 0 Å². The zero-order chi connectivity index (χ0) is 65.4. The van der Waals surface area contributed by atoms with Gasteiger partial charge in [-0.05, 0) is 183 Å². The van der Waals surface area contributed by atoms with Crippen LogP contribution in [0.2, 0.25) is 0 Å². The van der Waals surface area contributed by atoms with Crippen molar-refractivity contribution in [3.63, 3.8) is 0 Å². The molecular weight excluding hydrogens is 1160 g/mol. The number of anilines is 4. The van der Waals surface area contributed by atoms with Crippen molar-refractivity contribution >= 4 is 73.3 Å². The Hall–Kier alpha value is -11.7. The van der Waals surface area contributed by atoms with Crippen molar-refractivity contribution in [2.75, 3.05) is 9.80 Å². The van der Waals surface area contributed by atoms with E-state index in [9.17, 15) is 5.26 Å². The fraction of sp³-hybridized carbons (Fsp3) is 0.111. The first-order valence-corrected chi connectivity index (χ1v) is 33.3. The molecule has 0 radical (unpaired) electrons. The van der Waals surface area contributed by atoms with E-state index in [1.54, 1.807) is 0 Å². The molecular formula is C90H70BN5. The maximum Gasteiger partial charge on any atom is 0.252 e. The molecule has 0 unspecified atom stereocenters. The van der Waals surface area contributed by atoms with E-state index in [2.05, 4.69) is 322 Å². The molecule has 16 rings (SSSR count). The summed E-state index contributed by atoms with van der Waals surface area (Å²) in [6.07, 6.45) is 0. The third kappa shape index (κ3) is 10.4. The van der Waals surface area contributed by atoms with Crippen LogP contribution in [0.25, 0.3) is 99.1 Å². The predicted molar refractivity (Wildman–Crippen MR) is 404 cm³/mol. The van der Waals surface area contributed by atoms with Crippen molar-refractivity contribution in [3.8, 4) is 78.5 Å².